The van der Waals surface area contributed by atoms with Gasteiger partial charge in [-0.05, 0) is 25.1 Å². The minimum Gasteiger partial charge on any atom is -0.497 e. The third-order valence-corrected chi connectivity index (χ3v) is 2.87. The van der Waals surface area contributed by atoms with Gasteiger partial charge < -0.3 is 9.53 Å². The Morgan fingerprint density at radius 1 is 1.31 bits per heavy atom. The number of carbonyl (C=O) groups is 2. The molecule has 16 heavy (non-hydrogen) atoms. The molecule has 0 unspecified atom stereocenters. The van der Waals surface area contributed by atoms with E-state index < -0.39 is 0 Å². The van der Waals surface area contributed by atoms with Gasteiger partial charge in [-0.2, -0.15) is 0 Å². The average Bonchev–Trinajstić information content (AvgIpc) is 2.26. The Balaban J connectivity index is 2.85. The molecule has 0 aliphatic heterocycles. The number of Topliss-reactive ketones (excluding diaryl/α,β-unsaturated/α-hetero) is 2. The van der Waals surface area contributed by atoms with Crippen molar-refractivity contribution in [2.75, 3.05) is 7.11 Å². The molecular formula is C12H13BrO3. The average molecular weight is 285 g/mol. The summed E-state index contributed by atoms with van der Waals surface area (Å²) in [6.07, 6.45) is 0.517. The minimum atomic E-state index is -0.0547. The normalized spacial score (nSPS) is 9.94. The molecule has 0 fully saturated rings. The molecule has 0 saturated carbocycles. The maximum atomic E-state index is 11.8. The molecule has 0 bridgehead atoms. The van der Waals surface area contributed by atoms with E-state index in [4.69, 9.17) is 4.74 Å². The summed E-state index contributed by atoms with van der Waals surface area (Å²) in [5, 5.41) is 0. The molecule has 0 spiro atoms. The van der Waals surface area contributed by atoms with E-state index in [0.29, 0.717) is 11.3 Å². The van der Waals surface area contributed by atoms with Crippen molar-refractivity contribution < 1.29 is 14.3 Å². The molecule has 0 saturated heterocycles. The molecular weight excluding hydrogens is 272 g/mol. The number of rotatable bonds is 5. The van der Waals surface area contributed by atoms with Gasteiger partial charge in [0.25, 0.3) is 0 Å². The van der Waals surface area contributed by atoms with Crippen LogP contribution in [0.5, 0.6) is 5.75 Å². The fraction of sp³-hybridized carbons (Fsp3) is 0.333. The summed E-state index contributed by atoms with van der Waals surface area (Å²) in [5.74, 6) is 0.600. The lowest BCUT2D eigenvalue weighted by molar-refractivity contribution is -0.116. The second kappa shape index (κ2) is 5.80. The van der Waals surface area contributed by atoms with E-state index in [1.807, 2.05) is 0 Å². The van der Waals surface area contributed by atoms with E-state index in [1.165, 1.54) is 6.92 Å². The molecule has 0 aliphatic carbocycles. The van der Waals surface area contributed by atoms with Gasteiger partial charge in [-0.15, -0.1) is 0 Å². The maximum absolute atomic E-state index is 11.8. The molecule has 1 aromatic carbocycles. The Hall–Kier alpha value is -1.16. The van der Waals surface area contributed by atoms with Crippen molar-refractivity contribution >= 4 is 27.5 Å². The molecule has 4 heteroatoms. The monoisotopic (exact) mass is 284 g/mol. The lowest BCUT2D eigenvalue weighted by Gasteiger charge is -2.05. The molecule has 0 heterocycles. The van der Waals surface area contributed by atoms with E-state index >= 15 is 0 Å². The summed E-state index contributed by atoms with van der Waals surface area (Å²) in [6, 6.07) is 5.21. The summed E-state index contributed by atoms with van der Waals surface area (Å²) >= 11 is 3.31. The highest BCUT2D eigenvalue weighted by atomic mass is 79.9. The van der Waals surface area contributed by atoms with E-state index in [1.54, 1.807) is 25.3 Å². The van der Waals surface area contributed by atoms with E-state index in [0.717, 1.165) is 4.47 Å². The maximum Gasteiger partial charge on any atom is 0.164 e. The van der Waals surface area contributed by atoms with Gasteiger partial charge in [0.1, 0.15) is 11.5 Å². The number of ketones is 2. The van der Waals surface area contributed by atoms with Crippen LogP contribution in [0, 0.1) is 0 Å². The van der Waals surface area contributed by atoms with Crippen LogP contribution in [0.3, 0.4) is 0 Å². The van der Waals surface area contributed by atoms with Gasteiger partial charge in [-0.25, -0.2) is 0 Å². The Bertz CT molecular complexity index is 413. The molecule has 0 atom stereocenters. The van der Waals surface area contributed by atoms with Crippen LogP contribution < -0.4 is 4.74 Å². The summed E-state index contributed by atoms with van der Waals surface area (Å²) in [5.41, 5.74) is 0.556. The summed E-state index contributed by atoms with van der Waals surface area (Å²) in [7, 11) is 1.55. The quantitative estimate of drug-likeness (QED) is 0.781. The predicted octanol–water partition coefficient (Wildman–Crippen LogP) is 3.01. The summed E-state index contributed by atoms with van der Waals surface area (Å²) in [4.78, 5) is 22.6. The topological polar surface area (TPSA) is 43.4 Å². The van der Waals surface area contributed by atoms with Gasteiger partial charge >= 0.3 is 0 Å². The second-order valence-corrected chi connectivity index (χ2v) is 4.33. The van der Waals surface area contributed by atoms with Crippen LogP contribution in [-0.4, -0.2) is 18.7 Å². The zero-order valence-electron chi connectivity index (χ0n) is 9.25. The fourth-order valence-electron chi connectivity index (χ4n) is 1.27. The molecule has 3 nitrogen and oxygen atoms in total. The van der Waals surface area contributed by atoms with Crippen LogP contribution in [0.1, 0.15) is 30.1 Å². The molecule has 1 aromatic rings. The molecule has 0 N–H and O–H groups in total. The van der Waals surface area contributed by atoms with Crippen LogP contribution in [0.4, 0.5) is 0 Å². The van der Waals surface area contributed by atoms with Crippen molar-refractivity contribution in [2.24, 2.45) is 0 Å². The predicted molar refractivity (Wildman–Crippen MR) is 64.9 cm³/mol. The van der Waals surface area contributed by atoms with Crippen molar-refractivity contribution in [3.8, 4) is 5.75 Å². The Morgan fingerprint density at radius 3 is 2.56 bits per heavy atom. The highest BCUT2D eigenvalue weighted by Gasteiger charge is 2.11. The SMILES string of the molecule is COc1ccc(Br)c(C(=O)CCC(C)=O)c1. The first-order valence-corrected chi connectivity index (χ1v) is 5.70. The fourth-order valence-corrected chi connectivity index (χ4v) is 1.74. The number of hydrogen-bond donors (Lipinski definition) is 0. The number of halogens is 1. The smallest absolute Gasteiger partial charge is 0.164 e. The standard InChI is InChI=1S/C12H13BrO3/c1-8(14)3-6-12(15)10-7-9(16-2)4-5-11(10)13/h4-5,7H,3,6H2,1-2H3. The minimum absolute atomic E-state index is 0.0207. The van der Waals surface area contributed by atoms with E-state index in [9.17, 15) is 9.59 Å². The first-order chi connectivity index (χ1) is 7.54. The Labute approximate surface area is 103 Å². The summed E-state index contributed by atoms with van der Waals surface area (Å²) < 4.78 is 5.77. The number of ether oxygens (including phenoxy) is 1. The van der Waals surface area contributed by atoms with Crippen molar-refractivity contribution in [1.82, 2.24) is 0 Å². The van der Waals surface area contributed by atoms with Crippen LogP contribution in [0.15, 0.2) is 22.7 Å². The number of hydrogen-bond acceptors (Lipinski definition) is 3. The van der Waals surface area contributed by atoms with Gasteiger partial charge in [0.2, 0.25) is 0 Å². The molecule has 0 amide bonds. The van der Waals surface area contributed by atoms with Gasteiger partial charge in [0.15, 0.2) is 5.78 Å². The number of carbonyl (C=O) groups excluding carboxylic acids is 2. The van der Waals surface area contributed by atoms with Gasteiger partial charge in [0, 0.05) is 22.9 Å². The molecule has 0 radical (unpaired) electrons. The van der Waals surface area contributed by atoms with Gasteiger partial charge in [-0.1, -0.05) is 15.9 Å². The first-order valence-electron chi connectivity index (χ1n) is 4.90. The van der Waals surface area contributed by atoms with Crippen molar-refractivity contribution in [3.05, 3.63) is 28.2 Å². The molecule has 1 rings (SSSR count). The first kappa shape index (κ1) is 12.9. The van der Waals surface area contributed by atoms with Crippen LogP contribution in [0.2, 0.25) is 0 Å². The van der Waals surface area contributed by atoms with Crippen molar-refractivity contribution in [1.29, 1.82) is 0 Å². The summed E-state index contributed by atoms with van der Waals surface area (Å²) in [6.45, 7) is 1.48. The Morgan fingerprint density at radius 2 is 2.00 bits per heavy atom. The lowest BCUT2D eigenvalue weighted by atomic mass is 10.1. The highest BCUT2D eigenvalue weighted by molar-refractivity contribution is 9.10. The molecule has 0 aromatic heterocycles. The van der Waals surface area contributed by atoms with Crippen LogP contribution >= 0.6 is 15.9 Å². The van der Waals surface area contributed by atoms with Crippen LogP contribution in [-0.2, 0) is 4.79 Å². The zero-order valence-corrected chi connectivity index (χ0v) is 10.8. The largest absolute Gasteiger partial charge is 0.497 e. The zero-order chi connectivity index (χ0) is 12.1. The molecule has 0 aliphatic rings. The van der Waals surface area contributed by atoms with Gasteiger partial charge in [-0.3, -0.25) is 4.79 Å². The van der Waals surface area contributed by atoms with Crippen molar-refractivity contribution in [2.45, 2.75) is 19.8 Å². The third kappa shape index (κ3) is 3.45. The number of methoxy groups -OCH3 is 1. The second-order valence-electron chi connectivity index (χ2n) is 3.47. The van der Waals surface area contributed by atoms with Crippen LogP contribution in [0.25, 0.3) is 0 Å². The molecule has 86 valence electrons. The van der Waals surface area contributed by atoms with E-state index in [-0.39, 0.29) is 24.4 Å². The van der Waals surface area contributed by atoms with E-state index in [2.05, 4.69) is 15.9 Å². The lowest BCUT2D eigenvalue weighted by Crippen LogP contribution is -2.03. The van der Waals surface area contributed by atoms with Gasteiger partial charge in [0.05, 0.1) is 7.11 Å². The van der Waals surface area contributed by atoms with Crippen molar-refractivity contribution in [3.63, 3.8) is 0 Å². The third-order valence-electron chi connectivity index (χ3n) is 2.18. The number of benzene rings is 1. The highest BCUT2D eigenvalue weighted by Crippen LogP contribution is 2.24. The Kier molecular flexibility index (Phi) is 4.68.